The molecule has 0 saturated carbocycles. The van der Waals surface area contributed by atoms with Crippen LogP contribution in [0.25, 0.3) is 0 Å². The van der Waals surface area contributed by atoms with Crippen LogP contribution in [0, 0.1) is 0 Å². The number of amides is 2. The zero-order valence-corrected chi connectivity index (χ0v) is 19.1. The van der Waals surface area contributed by atoms with Crippen molar-refractivity contribution in [1.29, 1.82) is 0 Å². The number of carbonyl (C=O) groups excluding carboxylic acids is 3. The second-order valence-electron chi connectivity index (χ2n) is 7.57. The van der Waals surface area contributed by atoms with Gasteiger partial charge in [-0.25, -0.2) is 4.79 Å². The number of hydrogen-bond donors (Lipinski definition) is 1. The number of rotatable bonds is 8. The molecule has 176 valence electrons. The number of likely N-dealkylation sites (tertiary alicyclic amines) is 1. The molecule has 0 bridgehead atoms. The van der Waals surface area contributed by atoms with Crippen molar-refractivity contribution in [3.8, 4) is 17.2 Å². The molecule has 2 amide bonds. The minimum atomic E-state index is -0.830. The second-order valence-corrected chi connectivity index (χ2v) is 7.57. The number of hydrogen-bond acceptors (Lipinski definition) is 7. The minimum absolute atomic E-state index is 0.162. The zero-order chi connectivity index (χ0) is 24.0. The average Bonchev–Trinajstić information content (AvgIpc) is 3.25. The first-order valence-corrected chi connectivity index (χ1v) is 10.4. The third-order valence-electron chi connectivity index (χ3n) is 5.52. The molecule has 1 saturated heterocycles. The molecule has 33 heavy (non-hydrogen) atoms. The van der Waals surface area contributed by atoms with Gasteiger partial charge >= 0.3 is 5.97 Å². The van der Waals surface area contributed by atoms with Gasteiger partial charge in [-0.05, 0) is 17.7 Å². The lowest BCUT2D eigenvalue weighted by Gasteiger charge is -2.23. The molecule has 9 nitrogen and oxygen atoms in total. The lowest BCUT2D eigenvalue weighted by Crippen LogP contribution is -2.42. The van der Waals surface area contributed by atoms with Gasteiger partial charge in [-0.2, -0.15) is 0 Å². The summed E-state index contributed by atoms with van der Waals surface area (Å²) in [4.78, 5) is 39.7. The fourth-order valence-electron chi connectivity index (χ4n) is 3.95. The van der Waals surface area contributed by atoms with E-state index in [9.17, 15) is 14.4 Å². The Hall–Kier alpha value is -3.75. The first-order chi connectivity index (χ1) is 15.9. The molecule has 0 radical (unpaired) electrons. The lowest BCUT2D eigenvalue weighted by molar-refractivity contribution is -0.145. The Balaban J connectivity index is 1.81. The van der Waals surface area contributed by atoms with Crippen LogP contribution in [0.15, 0.2) is 42.5 Å². The quantitative estimate of drug-likeness (QED) is 0.605. The maximum absolute atomic E-state index is 13.4. The molecule has 1 N–H and O–H groups in total. The van der Waals surface area contributed by atoms with Crippen LogP contribution in [0.2, 0.25) is 0 Å². The molecule has 1 aliphatic heterocycles. The van der Waals surface area contributed by atoms with Gasteiger partial charge in [-0.1, -0.05) is 30.3 Å². The highest BCUT2D eigenvalue weighted by Crippen LogP contribution is 2.39. The minimum Gasteiger partial charge on any atom is -0.493 e. The van der Waals surface area contributed by atoms with Crippen LogP contribution >= 0.6 is 0 Å². The van der Waals surface area contributed by atoms with Gasteiger partial charge in [0.15, 0.2) is 11.5 Å². The van der Waals surface area contributed by atoms with Crippen LogP contribution in [-0.4, -0.2) is 69.8 Å². The summed E-state index contributed by atoms with van der Waals surface area (Å²) in [7, 11) is 5.65. The summed E-state index contributed by atoms with van der Waals surface area (Å²) in [6.45, 7) is 0.162. The molecular weight excluding hydrogens is 428 g/mol. The number of benzene rings is 2. The summed E-state index contributed by atoms with van der Waals surface area (Å²) in [6.07, 6.45) is 0.463. The van der Waals surface area contributed by atoms with Crippen molar-refractivity contribution in [3.63, 3.8) is 0 Å². The number of ether oxygens (including phenoxy) is 4. The number of nitrogens with zero attached hydrogens (tertiary/aromatic N) is 1. The van der Waals surface area contributed by atoms with Crippen LogP contribution < -0.4 is 19.5 Å². The summed E-state index contributed by atoms with van der Waals surface area (Å²) in [5.41, 5.74) is 1.14. The van der Waals surface area contributed by atoms with Crippen LogP contribution in [0.4, 0.5) is 0 Å². The first kappa shape index (κ1) is 23.9. The van der Waals surface area contributed by atoms with E-state index >= 15 is 0 Å². The van der Waals surface area contributed by atoms with Gasteiger partial charge in [0, 0.05) is 24.6 Å². The smallest absolute Gasteiger partial charge is 0.328 e. The average molecular weight is 456 g/mol. The fourth-order valence-corrected chi connectivity index (χ4v) is 3.95. The highest BCUT2D eigenvalue weighted by atomic mass is 16.5. The molecule has 0 spiro atoms. The SMILES string of the molecule is COC(=O)[C@@H]1C[C@H](NC(=O)Cc2ccccc2)CN1C(=O)c1cc(OC)c(OC)c(OC)c1. The number of nitrogens with one attached hydrogen (secondary N) is 1. The maximum atomic E-state index is 13.4. The van der Waals surface area contributed by atoms with Crippen LogP contribution in [0.5, 0.6) is 17.2 Å². The predicted octanol–water partition coefficient (Wildman–Crippen LogP) is 1.83. The van der Waals surface area contributed by atoms with Crippen molar-refractivity contribution in [2.45, 2.75) is 24.9 Å². The molecule has 0 aliphatic carbocycles. The molecule has 9 heteroatoms. The van der Waals surface area contributed by atoms with E-state index in [-0.39, 0.29) is 30.9 Å². The van der Waals surface area contributed by atoms with Crippen molar-refractivity contribution in [3.05, 3.63) is 53.6 Å². The Morgan fingerprint density at radius 3 is 2.15 bits per heavy atom. The molecule has 0 unspecified atom stereocenters. The molecular formula is C24H28N2O7. The molecule has 0 aromatic heterocycles. The predicted molar refractivity (Wildman–Crippen MR) is 120 cm³/mol. The Bertz CT molecular complexity index is 984. The molecule has 1 heterocycles. The summed E-state index contributed by atoms with van der Waals surface area (Å²) >= 11 is 0. The third-order valence-corrected chi connectivity index (χ3v) is 5.52. The van der Waals surface area contributed by atoms with E-state index in [1.807, 2.05) is 30.3 Å². The van der Waals surface area contributed by atoms with E-state index in [1.165, 1.54) is 45.5 Å². The number of esters is 1. The Morgan fingerprint density at radius 1 is 0.970 bits per heavy atom. The van der Waals surface area contributed by atoms with Crippen LogP contribution in [0.1, 0.15) is 22.3 Å². The largest absolute Gasteiger partial charge is 0.493 e. The summed E-state index contributed by atoms with van der Waals surface area (Å²) in [5, 5.41) is 2.93. The molecule has 2 aromatic carbocycles. The monoisotopic (exact) mass is 456 g/mol. The van der Waals surface area contributed by atoms with Crippen molar-refractivity contribution in [2.75, 3.05) is 35.0 Å². The molecule has 3 rings (SSSR count). The zero-order valence-electron chi connectivity index (χ0n) is 19.1. The highest BCUT2D eigenvalue weighted by molar-refractivity contribution is 5.98. The second kappa shape index (κ2) is 10.7. The van der Waals surface area contributed by atoms with Crippen LogP contribution in [-0.2, 0) is 20.7 Å². The first-order valence-electron chi connectivity index (χ1n) is 10.4. The summed E-state index contributed by atoms with van der Waals surface area (Å²) in [6, 6.07) is 11.2. The van der Waals surface area contributed by atoms with Crippen molar-refractivity contribution < 1.29 is 33.3 Å². The number of methoxy groups -OCH3 is 4. The van der Waals surface area contributed by atoms with E-state index in [0.29, 0.717) is 17.2 Å². The Morgan fingerprint density at radius 2 is 1.61 bits per heavy atom. The molecule has 1 aliphatic rings. The van der Waals surface area contributed by atoms with Crippen molar-refractivity contribution >= 4 is 17.8 Å². The molecule has 2 aromatic rings. The van der Waals surface area contributed by atoms with Gasteiger partial charge in [-0.3, -0.25) is 9.59 Å². The number of carbonyl (C=O) groups is 3. The van der Waals surface area contributed by atoms with E-state index in [4.69, 9.17) is 18.9 Å². The Labute approximate surface area is 192 Å². The Kier molecular flexibility index (Phi) is 7.76. The standard InChI is InChI=1S/C24H28N2O7/c1-30-19-11-16(12-20(31-2)22(19)32-3)23(28)26-14-17(13-18(26)24(29)33-4)25-21(27)10-15-8-6-5-7-9-15/h5-9,11-12,17-18H,10,13-14H2,1-4H3,(H,25,27)/t17-,18-/m0/s1. The molecule has 2 atom stereocenters. The van der Waals surface area contributed by atoms with Gasteiger partial charge in [-0.15, -0.1) is 0 Å². The lowest BCUT2D eigenvalue weighted by atomic mass is 10.1. The summed E-state index contributed by atoms with van der Waals surface area (Å²) in [5.74, 6) is -0.144. The molecule has 1 fully saturated rings. The topological polar surface area (TPSA) is 103 Å². The normalized spacial score (nSPS) is 17.3. The van der Waals surface area contributed by atoms with E-state index in [0.717, 1.165) is 5.56 Å². The fraction of sp³-hybridized carbons (Fsp3) is 0.375. The van der Waals surface area contributed by atoms with Crippen molar-refractivity contribution in [1.82, 2.24) is 10.2 Å². The van der Waals surface area contributed by atoms with Gasteiger partial charge in [0.05, 0.1) is 34.9 Å². The highest BCUT2D eigenvalue weighted by Gasteiger charge is 2.41. The summed E-state index contributed by atoms with van der Waals surface area (Å²) < 4.78 is 20.9. The van der Waals surface area contributed by atoms with Gasteiger partial charge in [0.2, 0.25) is 11.7 Å². The van der Waals surface area contributed by atoms with Crippen molar-refractivity contribution in [2.24, 2.45) is 0 Å². The third kappa shape index (κ3) is 5.36. The van der Waals surface area contributed by atoms with Gasteiger partial charge < -0.3 is 29.2 Å². The van der Waals surface area contributed by atoms with E-state index < -0.39 is 24.0 Å². The van der Waals surface area contributed by atoms with E-state index in [1.54, 1.807) is 0 Å². The van der Waals surface area contributed by atoms with Gasteiger partial charge in [0.25, 0.3) is 5.91 Å². The maximum Gasteiger partial charge on any atom is 0.328 e. The van der Waals surface area contributed by atoms with E-state index in [2.05, 4.69) is 5.32 Å². The van der Waals surface area contributed by atoms with Gasteiger partial charge in [0.1, 0.15) is 6.04 Å². The van der Waals surface area contributed by atoms with Crippen LogP contribution in [0.3, 0.4) is 0 Å².